The Morgan fingerprint density at radius 2 is 1.56 bits per heavy atom. The summed E-state index contributed by atoms with van der Waals surface area (Å²) in [5, 5.41) is 10.1. The van der Waals surface area contributed by atoms with Crippen molar-refractivity contribution in [3.05, 3.63) is 95.4 Å². The van der Waals surface area contributed by atoms with Gasteiger partial charge in [0.1, 0.15) is 5.54 Å². The number of nitrogens with zero attached hydrogens (tertiary/aromatic N) is 6. The number of amides is 3. The number of carbonyl (C=O) groups excluding carboxylic acids is 2. The Balaban J connectivity index is 1.32. The second-order valence-corrected chi connectivity index (χ2v) is 10.5. The molecule has 10 heteroatoms. The number of pyridine rings is 1. The fourth-order valence-corrected chi connectivity index (χ4v) is 5.70. The fourth-order valence-electron chi connectivity index (χ4n) is 5.32. The van der Waals surface area contributed by atoms with Gasteiger partial charge in [-0.05, 0) is 64.2 Å². The van der Waals surface area contributed by atoms with Crippen molar-refractivity contribution in [2.45, 2.75) is 24.9 Å². The van der Waals surface area contributed by atoms with E-state index < -0.39 is 11.6 Å². The van der Waals surface area contributed by atoms with Crippen molar-refractivity contribution < 1.29 is 14.7 Å². The summed E-state index contributed by atoms with van der Waals surface area (Å²) in [7, 11) is 0. The van der Waals surface area contributed by atoms with Gasteiger partial charge in [-0.15, -0.1) is 0 Å². The SMILES string of the molecule is O=C1N(c2ccc(-c3ccccc3)cc2)C(=O)C2(CCN(Cc3ncccc3Br)CC2)N1c1nccc(O)n1. The topological polar surface area (TPSA) is 103 Å². The predicted octanol–water partition coefficient (Wildman–Crippen LogP) is 5.01. The van der Waals surface area contributed by atoms with Crippen molar-refractivity contribution in [1.82, 2.24) is 19.9 Å². The minimum Gasteiger partial charge on any atom is -0.493 e. The molecule has 1 N–H and O–H groups in total. The van der Waals surface area contributed by atoms with Crippen LogP contribution in [0.1, 0.15) is 18.5 Å². The first-order valence-electron chi connectivity index (χ1n) is 12.6. The van der Waals surface area contributed by atoms with Crippen LogP contribution in [0.3, 0.4) is 0 Å². The monoisotopic (exact) mass is 584 g/mol. The lowest BCUT2D eigenvalue weighted by atomic mass is 9.85. The molecule has 39 heavy (non-hydrogen) atoms. The summed E-state index contributed by atoms with van der Waals surface area (Å²) in [5.74, 6) is -0.568. The number of anilines is 2. The van der Waals surface area contributed by atoms with Crippen LogP contribution in [0, 0.1) is 0 Å². The summed E-state index contributed by atoms with van der Waals surface area (Å²) in [6, 6.07) is 21.9. The second-order valence-electron chi connectivity index (χ2n) is 9.63. The summed E-state index contributed by atoms with van der Waals surface area (Å²) >= 11 is 3.56. The summed E-state index contributed by atoms with van der Waals surface area (Å²) in [6.07, 6.45) is 3.92. The fraction of sp³-hybridized carbons (Fsp3) is 0.207. The van der Waals surface area contributed by atoms with Gasteiger partial charge in [-0.25, -0.2) is 19.6 Å². The van der Waals surface area contributed by atoms with Gasteiger partial charge in [0, 0.05) is 42.6 Å². The minimum atomic E-state index is -1.17. The molecular formula is C29H25BrN6O3. The minimum absolute atomic E-state index is 0.0117. The number of benzene rings is 2. The Morgan fingerprint density at radius 1 is 0.846 bits per heavy atom. The molecule has 3 amide bonds. The molecule has 0 radical (unpaired) electrons. The van der Waals surface area contributed by atoms with Gasteiger partial charge in [-0.2, -0.15) is 4.98 Å². The smallest absolute Gasteiger partial charge is 0.339 e. The van der Waals surface area contributed by atoms with E-state index in [0.29, 0.717) is 38.2 Å². The maximum absolute atomic E-state index is 14.1. The lowest BCUT2D eigenvalue weighted by Crippen LogP contribution is -2.57. The third-order valence-electron chi connectivity index (χ3n) is 7.36. The third kappa shape index (κ3) is 4.55. The number of piperidine rings is 1. The molecule has 0 atom stereocenters. The maximum atomic E-state index is 14.1. The Hall–Kier alpha value is -4.15. The zero-order valence-electron chi connectivity index (χ0n) is 20.9. The van der Waals surface area contributed by atoms with Crippen LogP contribution in [0.25, 0.3) is 11.1 Å². The molecule has 0 unspecified atom stereocenters. The molecule has 0 saturated carbocycles. The highest BCUT2D eigenvalue weighted by atomic mass is 79.9. The van der Waals surface area contributed by atoms with Crippen molar-refractivity contribution in [2.24, 2.45) is 0 Å². The molecule has 4 heterocycles. The number of carbonyl (C=O) groups is 2. The average Bonchev–Trinajstić information content (AvgIpc) is 3.17. The van der Waals surface area contributed by atoms with E-state index in [1.54, 1.807) is 18.3 Å². The summed E-state index contributed by atoms with van der Waals surface area (Å²) in [4.78, 5) is 45.7. The molecule has 2 aromatic heterocycles. The van der Waals surface area contributed by atoms with Crippen LogP contribution < -0.4 is 9.80 Å². The predicted molar refractivity (Wildman–Crippen MR) is 150 cm³/mol. The number of likely N-dealkylation sites (tertiary alicyclic amines) is 1. The zero-order valence-corrected chi connectivity index (χ0v) is 22.5. The number of hydrogen-bond donors (Lipinski definition) is 1. The first-order chi connectivity index (χ1) is 19.0. The number of urea groups is 1. The summed E-state index contributed by atoms with van der Waals surface area (Å²) in [5.41, 5.74) is 2.25. The molecule has 2 saturated heterocycles. The molecule has 1 spiro atoms. The van der Waals surface area contributed by atoms with Gasteiger partial charge in [0.25, 0.3) is 5.91 Å². The molecular weight excluding hydrogens is 560 g/mol. The van der Waals surface area contributed by atoms with Gasteiger partial charge < -0.3 is 5.11 Å². The molecule has 2 aliphatic heterocycles. The molecule has 2 fully saturated rings. The van der Waals surface area contributed by atoms with Crippen molar-refractivity contribution >= 4 is 39.5 Å². The standard InChI is InChI=1S/C29H25BrN6O3/c30-23-7-4-15-31-24(23)19-34-17-13-29(14-18-34)26(38)35(28(39)36(29)27-32-16-12-25(37)33-27)22-10-8-21(9-11-22)20-5-2-1-3-6-20/h1-12,15-16H,13-14,17-19H2,(H,32,33,37). The van der Waals surface area contributed by atoms with E-state index in [1.165, 1.54) is 22.1 Å². The Kier molecular flexibility index (Phi) is 6.58. The van der Waals surface area contributed by atoms with Gasteiger partial charge >= 0.3 is 6.03 Å². The average molecular weight is 585 g/mol. The second kappa shape index (κ2) is 10.2. The lowest BCUT2D eigenvalue weighted by Gasteiger charge is -2.41. The normalized spacial score (nSPS) is 17.3. The highest BCUT2D eigenvalue weighted by Crippen LogP contribution is 2.42. The first kappa shape index (κ1) is 25.1. The molecule has 0 aliphatic carbocycles. The molecule has 2 aromatic carbocycles. The van der Waals surface area contributed by atoms with Gasteiger partial charge in [0.2, 0.25) is 11.8 Å². The number of aromatic hydroxyl groups is 1. The van der Waals surface area contributed by atoms with Crippen LogP contribution >= 0.6 is 15.9 Å². The molecule has 9 nitrogen and oxygen atoms in total. The third-order valence-corrected chi connectivity index (χ3v) is 8.09. The first-order valence-corrected chi connectivity index (χ1v) is 13.4. The molecule has 0 bridgehead atoms. The van der Waals surface area contributed by atoms with E-state index >= 15 is 0 Å². The largest absolute Gasteiger partial charge is 0.493 e. The quantitative estimate of drug-likeness (QED) is 0.329. The van der Waals surface area contributed by atoms with Gasteiger partial charge in [-0.1, -0.05) is 42.5 Å². The van der Waals surface area contributed by atoms with Crippen LogP contribution in [0.5, 0.6) is 5.88 Å². The maximum Gasteiger partial charge on any atom is 0.339 e. The Labute approximate surface area is 233 Å². The number of hydrogen-bond acceptors (Lipinski definition) is 7. The Bertz CT molecular complexity index is 1520. The number of imide groups is 1. The molecule has 4 aromatic rings. The molecule has 6 rings (SSSR count). The highest BCUT2D eigenvalue weighted by Gasteiger charge is 2.60. The van der Waals surface area contributed by atoms with Crippen molar-refractivity contribution in [1.29, 1.82) is 0 Å². The van der Waals surface area contributed by atoms with Crippen LogP contribution in [-0.4, -0.2) is 55.5 Å². The summed E-state index contributed by atoms with van der Waals surface area (Å²) in [6.45, 7) is 1.75. The zero-order chi connectivity index (χ0) is 27.0. The Morgan fingerprint density at radius 3 is 2.26 bits per heavy atom. The van der Waals surface area contributed by atoms with E-state index in [4.69, 9.17) is 0 Å². The highest BCUT2D eigenvalue weighted by molar-refractivity contribution is 9.10. The lowest BCUT2D eigenvalue weighted by molar-refractivity contribution is -0.123. The van der Waals surface area contributed by atoms with E-state index in [0.717, 1.165) is 21.3 Å². The van der Waals surface area contributed by atoms with E-state index in [2.05, 4.69) is 35.8 Å². The van der Waals surface area contributed by atoms with E-state index in [-0.39, 0.29) is 17.7 Å². The van der Waals surface area contributed by atoms with Crippen LogP contribution in [0.2, 0.25) is 0 Å². The van der Waals surface area contributed by atoms with Gasteiger partial charge in [-0.3, -0.25) is 14.7 Å². The molecule has 2 aliphatic rings. The van der Waals surface area contributed by atoms with Crippen LogP contribution in [0.4, 0.5) is 16.4 Å². The number of halogens is 1. The van der Waals surface area contributed by atoms with Crippen molar-refractivity contribution in [3.8, 4) is 17.0 Å². The number of rotatable bonds is 5. The molecule has 196 valence electrons. The summed E-state index contributed by atoms with van der Waals surface area (Å²) < 4.78 is 0.928. The van der Waals surface area contributed by atoms with Gasteiger partial charge in [0.15, 0.2) is 0 Å². The van der Waals surface area contributed by atoms with Crippen LogP contribution in [-0.2, 0) is 11.3 Å². The van der Waals surface area contributed by atoms with E-state index in [1.807, 2.05) is 54.6 Å². The van der Waals surface area contributed by atoms with Gasteiger partial charge in [0.05, 0.1) is 11.4 Å². The number of aromatic nitrogens is 3. The van der Waals surface area contributed by atoms with Crippen molar-refractivity contribution in [3.63, 3.8) is 0 Å². The van der Waals surface area contributed by atoms with Crippen LogP contribution in [0.15, 0.2) is 89.7 Å². The van der Waals surface area contributed by atoms with Crippen molar-refractivity contribution in [2.75, 3.05) is 22.9 Å². The van der Waals surface area contributed by atoms with E-state index in [9.17, 15) is 14.7 Å².